The van der Waals surface area contributed by atoms with Crippen LogP contribution in [0.4, 0.5) is 5.69 Å². The first-order valence-electron chi connectivity index (χ1n) is 12.1. The van der Waals surface area contributed by atoms with Crippen LogP contribution in [0.5, 0.6) is 5.75 Å². The molecule has 1 aliphatic heterocycles. The van der Waals surface area contributed by atoms with Gasteiger partial charge in [0, 0.05) is 17.2 Å². The van der Waals surface area contributed by atoms with Crippen LogP contribution >= 0.6 is 22.9 Å². The smallest absolute Gasteiger partial charge is 0.338 e. The number of allylic oxidation sites excluding steroid dienone is 1. The van der Waals surface area contributed by atoms with Gasteiger partial charge in [-0.2, -0.15) is 0 Å². The molecule has 0 bridgehead atoms. The normalized spacial score (nSPS) is 15.0. The van der Waals surface area contributed by atoms with Crippen molar-refractivity contribution in [2.45, 2.75) is 19.9 Å². The molecule has 0 spiro atoms. The quantitative estimate of drug-likeness (QED) is 0.177. The van der Waals surface area contributed by atoms with Crippen molar-refractivity contribution < 1.29 is 23.6 Å². The molecule has 3 heterocycles. The molecule has 0 N–H and O–H groups in total. The molecule has 0 radical (unpaired) electrons. The molecular weight excluding hydrogens is 558 g/mol. The van der Waals surface area contributed by atoms with Gasteiger partial charge in [0.15, 0.2) is 4.80 Å². The van der Waals surface area contributed by atoms with E-state index in [1.807, 2.05) is 0 Å². The molecule has 204 valence electrons. The number of carbonyl (C=O) groups is 1. The summed E-state index contributed by atoms with van der Waals surface area (Å²) in [6.07, 6.45) is 1.58. The van der Waals surface area contributed by atoms with E-state index < -0.39 is 16.9 Å². The van der Waals surface area contributed by atoms with Crippen molar-refractivity contribution in [2.75, 3.05) is 13.7 Å². The van der Waals surface area contributed by atoms with Crippen LogP contribution in [0.2, 0.25) is 5.02 Å². The maximum atomic E-state index is 13.8. The fourth-order valence-corrected chi connectivity index (χ4v) is 5.75. The Kier molecular flexibility index (Phi) is 7.42. The average molecular weight is 580 g/mol. The second-order valence-corrected chi connectivity index (χ2v) is 10.1. The fourth-order valence-electron chi connectivity index (χ4n) is 4.48. The van der Waals surface area contributed by atoms with Gasteiger partial charge in [-0.05, 0) is 43.7 Å². The van der Waals surface area contributed by atoms with E-state index in [1.165, 1.54) is 29.9 Å². The number of fused-ring (bicyclic) bond motifs is 1. The number of rotatable bonds is 7. The molecule has 0 saturated carbocycles. The van der Waals surface area contributed by atoms with Crippen LogP contribution in [-0.4, -0.2) is 29.2 Å². The summed E-state index contributed by atoms with van der Waals surface area (Å²) < 4.78 is 18.4. The van der Waals surface area contributed by atoms with Gasteiger partial charge < -0.3 is 13.9 Å². The highest BCUT2D eigenvalue weighted by Crippen LogP contribution is 2.35. The predicted molar refractivity (Wildman–Crippen MR) is 149 cm³/mol. The predicted octanol–water partition coefficient (Wildman–Crippen LogP) is 4.63. The number of carbonyl (C=O) groups excluding carboxylic acids is 1. The summed E-state index contributed by atoms with van der Waals surface area (Å²) in [4.78, 5) is 42.3. The topological polar surface area (TPSA) is 126 Å². The van der Waals surface area contributed by atoms with Crippen LogP contribution in [0.15, 0.2) is 80.1 Å². The number of aromatic nitrogens is 1. The van der Waals surface area contributed by atoms with E-state index in [-0.39, 0.29) is 29.2 Å². The lowest BCUT2D eigenvalue weighted by molar-refractivity contribution is -0.384. The Morgan fingerprint density at radius 3 is 2.73 bits per heavy atom. The Bertz CT molecular complexity index is 1870. The highest BCUT2D eigenvalue weighted by molar-refractivity contribution is 7.07. The van der Waals surface area contributed by atoms with E-state index >= 15 is 0 Å². The number of esters is 1. The minimum atomic E-state index is -0.831. The van der Waals surface area contributed by atoms with Gasteiger partial charge in [-0.3, -0.25) is 19.5 Å². The lowest BCUT2D eigenvalue weighted by atomic mass is 9.96. The fraction of sp³-hybridized carbons (Fsp3) is 0.179. The maximum Gasteiger partial charge on any atom is 0.338 e. The zero-order valence-electron chi connectivity index (χ0n) is 21.5. The van der Waals surface area contributed by atoms with Crippen molar-refractivity contribution in [1.29, 1.82) is 0 Å². The zero-order chi connectivity index (χ0) is 28.6. The van der Waals surface area contributed by atoms with Gasteiger partial charge in [0.2, 0.25) is 0 Å². The molecule has 4 aromatic rings. The van der Waals surface area contributed by atoms with Gasteiger partial charge in [0.05, 0.1) is 46.1 Å². The number of thiazole rings is 1. The Balaban J connectivity index is 1.62. The summed E-state index contributed by atoms with van der Waals surface area (Å²) in [5, 5.41) is 11.5. The number of ether oxygens (including phenoxy) is 2. The van der Waals surface area contributed by atoms with E-state index in [1.54, 1.807) is 56.3 Å². The first-order valence-corrected chi connectivity index (χ1v) is 13.3. The van der Waals surface area contributed by atoms with Crippen molar-refractivity contribution in [3.63, 3.8) is 0 Å². The maximum absolute atomic E-state index is 13.8. The van der Waals surface area contributed by atoms with Crippen molar-refractivity contribution in [2.24, 2.45) is 4.99 Å². The molecular formula is C28H22ClN3O7S. The number of furan rings is 1. The molecule has 2 aromatic heterocycles. The molecule has 1 unspecified atom stereocenters. The van der Waals surface area contributed by atoms with E-state index in [0.29, 0.717) is 42.7 Å². The molecule has 1 atom stereocenters. The van der Waals surface area contributed by atoms with E-state index in [4.69, 9.17) is 25.5 Å². The number of methoxy groups -OCH3 is 1. The summed E-state index contributed by atoms with van der Waals surface area (Å²) in [5.74, 6) is 0.475. The summed E-state index contributed by atoms with van der Waals surface area (Å²) in [6.45, 7) is 3.57. The largest absolute Gasteiger partial charge is 0.496 e. The standard InChI is InChI=1S/C28H22ClN3O7S/c1-4-38-27(34)24-15(2)30-28-31(25(24)18-7-5-6-8-20(18)29)26(33)23(40-28)14-17-10-12-21(39-17)19-11-9-16(32(35)36)13-22(19)37-3/h5-14,25H,4H2,1-3H3/b23-14+. The number of non-ortho nitro benzene ring substituents is 1. The highest BCUT2D eigenvalue weighted by atomic mass is 35.5. The number of hydrogen-bond acceptors (Lipinski definition) is 9. The molecule has 40 heavy (non-hydrogen) atoms. The van der Waals surface area contributed by atoms with Crippen LogP contribution in [0.3, 0.4) is 0 Å². The van der Waals surface area contributed by atoms with Crippen molar-refractivity contribution in [1.82, 2.24) is 4.57 Å². The third-order valence-corrected chi connectivity index (χ3v) is 7.61. The molecule has 0 aliphatic carbocycles. The third kappa shape index (κ3) is 4.85. The van der Waals surface area contributed by atoms with Crippen molar-refractivity contribution >= 4 is 40.7 Å². The zero-order valence-corrected chi connectivity index (χ0v) is 23.1. The van der Waals surface area contributed by atoms with E-state index in [0.717, 1.165) is 11.3 Å². The second kappa shape index (κ2) is 10.9. The van der Waals surface area contributed by atoms with Gasteiger partial charge in [0.1, 0.15) is 23.3 Å². The lowest BCUT2D eigenvalue weighted by Gasteiger charge is -2.25. The SMILES string of the molecule is CCOC(=O)C1=C(C)N=c2s/c(=C/c3ccc(-c4ccc([N+](=O)[O-])cc4OC)o3)c(=O)n2C1c1ccccc1Cl. The third-order valence-electron chi connectivity index (χ3n) is 6.28. The summed E-state index contributed by atoms with van der Waals surface area (Å²) in [5.41, 5.74) is 1.26. The highest BCUT2D eigenvalue weighted by Gasteiger charge is 2.34. The Hall–Kier alpha value is -4.48. The number of benzene rings is 2. The first kappa shape index (κ1) is 27.1. The molecule has 0 fully saturated rings. The molecule has 0 amide bonds. The number of halogens is 1. The van der Waals surface area contributed by atoms with Crippen LogP contribution < -0.4 is 19.6 Å². The van der Waals surface area contributed by atoms with E-state index in [9.17, 15) is 19.7 Å². The molecule has 10 nitrogen and oxygen atoms in total. The number of nitro groups is 1. The minimum absolute atomic E-state index is 0.112. The lowest BCUT2D eigenvalue weighted by Crippen LogP contribution is -2.40. The summed E-state index contributed by atoms with van der Waals surface area (Å²) >= 11 is 7.68. The molecule has 12 heteroatoms. The van der Waals surface area contributed by atoms with Crippen molar-refractivity contribution in [3.8, 4) is 17.1 Å². The monoisotopic (exact) mass is 579 g/mol. The molecule has 1 aliphatic rings. The molecule has 2 aromatic carbocycles. The number of hydrogen-bond donors (Lipinski definition) is 0. The van der Waals surface area contributed by atoms with Gasteiger partial charge in [-0.15, -0.1) is 0 Å². The first-order chi connectivity index (χ1) is 19.2. The Morgan fingerprint density at radius 1 is 1.25 bits per heavy atom. The van der Waals surface area contributed by atoms with Gasteiger partial charge in [-0.1, -0.05) is 41.1 Å². The number of nitrogens with zero attached hydrogens (tertiary/aromatic N) is 3. The Morgan fingerprint density at radius 2 is 2.02 bits per heavy atom. The molecule has 0 saturated heterocycles. The van der Waals surface area contributed by atoms with Crippen LogP contribution in [0.1, 0.15) is 31.2 Å². The van der Waals surface area contributed by atoms with Gasteiger partial charge in [-0.25, -0.2) is 9.79 Å². The Labute approximate surface area is 236 Å². The number of nitro benzene ring substituents is 1. The average Bonchev–Trinajstić information content (AvgIpc) is 3.52. The molecule has 5 rings (SSSR count). The van der Waals surface area contributed by atoms with Gasteiger partial charge >= 0.3 is 5.97 Å². The second-order valence-electron chi connectivity index (χ2n) is 8.67. The minimum Gasteiger partial charge on any atom is -0.496 e. The van der Waals surface area contributed by atoms with E-state index in [2.05, 4.69) is 4.99 Å². The summed E-state index contributed by atoms with van der Waals surface area (Å²) in [6, 6.07) is 13.7. The van der Waals surface area contributed by atoms with Crippen LogP contribution in [-0.2, 0) is 9.53 Å². The van der Waals surface area contributed by atoms with Crippen LogP contribution in [0.25, 0.3) is 17.4 Å². The van der Waals surface area contributed by atoms with Crippen LogP contribution in [0, 0.1) is 10.1 Å². The van der Waals surface area contributed by atoms with Gasteiger partial charge in [0.25, 0.3) is 11.2 Å². The van der Waals surface area contributed by atoms with Crippen molar-refractivity contribution in [3.05, 3.63) is 112 Å². The summed E-state index contributed by atoms with van der Waals surface area (Å²) in [7, 11) is 1.41.